The first kappa shape index (κ1) is 58.4. The molecule has 62 heavy (non-hydrogen) atoms. The molecule has 8 atom stereocenters. The smallest absolute Gasteiger partial charge is 0.249 e. The lowest BCUT2D eigenvalue weighted by atomic mass is 9.99. The number of amides is 1. The highest BCUT2D eigenvalue weighted by molar-refractivity contribution is 5.80. The molecular formula is C52H97NO9. The second kappa shape index (κ2) is 42.0. The van der Waals surface area contributed by atoms with Gasteiger partial charge in [-0.15, -0.1) is 0 Å². The van der Waals surface area contributed by atoms with E-state index in [1.807, 2.05) is 6.08 Å². The molecule has 0 bridgehead atoms. The number of aliphatic hydroxyl groups excluding tert-OH is 6. The summed E-state index contributed by atoms with van der Waals surface area (Å²) in [6.07, 6.45) is 42.4. The van der Waals surface area contributed by atoms with Crippen LogP contribution >= 0.6 is 0 Å². The van der Waals surface area contributed by atoms with Gasteiger partial charge in [0.25, 0.3) is 0 Å². The molecule has 1 fully saturated rings. The third-order valence-corrected chi connectivity index (χ3v) is 12.3. The summed E-state index contributed by atoms with van der Waals surface area (Å²) in [6.45, 7) is 3.59. The fraction of sp³-hybridized carbons (Fsp3) is 0.865. The Balaban J connectivity index is 2.34. The van der Waals surface area contributed by atoms with E-state index in [0.29, 0.717) is 19.3 Å². The predicted octanol–water partition coefficient (Wildman–Crippen LogP) is 10.6. The number of aliphatic hydroxyl groups is 6. The van der Waals surface area contributed by atoms with Gasteiger partial charge in [-0.3, -0.25) is 4.79 Å². The third kappa shape index (κ3) is 31.3. The first-order valence-electron chi connectivity index (χ1n) is 25.8. The molecular weight excluding hydrogens is 783 g/mol. The molecule has 10 nitrogen and oxygen atoms in total. The summed E-state index contributed by atoms with van der Waals surface area (Å²) >= 11 is 0. The van der Waals surface area contributed by atoms with Gasteiger partial charge in [0.2, 0.25) is 5.91 Å². The lowest BCUT2D eigenvalue weighted by molar-refractivity contribution is -0.302. The van der Waals surface area contributed by atoms with Crippen LogP contribution in [0.2, 0.25) is 0 Å². The van der Waals surface area contributed by atoms with Crippen molar-refractivity contribution in [2.45, 2.75) is 275 Å². The Morgan fingerprint density at radius 3 is 1.40 bits per heavy atom. The largest absolute Gasteiger partial charge is 0.394 e. The lowest BCUT2D eigenvalue weighted by Crippen LogP contribution is -2.60. The summed E-state index contributed by atoms with van der Waals surface area (Å²) in [5, 5.41) is 64.8. The van der Waals surface area contributed by atoms with Crippen molar-refractivity contribution < 1.29 is 44.9 Å². The summed E-state index contributed by atoms with van der Waals surface area (Å²) in [7, 11) is 0. The lowest BCUT2D eigenvalue weighted by Gasteiger charge is -2.40. The number of nitrogens with one attached hydrogen (secondary N) is 1. The van der Waals surface area contributed by atoms with Crippen molar-refractivity contribution in [3.63, 3.8) is 0 Å². The minimum absolute atomic E-state index is 0.304. The molecule has 0 saturated carbocycles. The average Bonchev–Trinajstić information content (AvgIpc) is 3.27. The van der Waals surface area contributed by atoms with Crippen LogP contribution in [0.4, 0.5) is 0 Å². The van der Waals surface area contributed by atoms with Gasteiger partial charge in [-0.1, -0.05) is 217 Å². The van der Waals surface area contributed by atoms with Crippen LogP contribution in [-0.2, 0) is 14.3 Å². The van der Waals surface area contributed by atoms with Crippen molar-refractivity contribution in [2.24, 2.45) is 0 Å². The van der Waals surface area contributed by atoms with Gasteiger partial charge in [0, 0.05) is 0 Å². The summed E-state index contributed by atoms with van der Waals surface area (Å²) in [5.74, 6) is -0.628. The van der Waals surface area contributed by atoms with Crippen LogP contribution in [0.1, 0.15) is 226 Å². The van der Waals surface area contributed by atoms with Crippen LogP contribution in [0, 0.1) is 0 Å². The fourth-order valence-electron chi connectivity index (χ4n) is 8.08. The highest BCUT2D eigenvalue weighted by Gasteiger charge is 2.44. The maximum absolute atomic E-state index is 13.1. The Bertz CT molecular complexity index is 1080. The highest BCUT2D eigenvalue weighted by Crippen LogP contribution is 2.23. The second-order valence-corrected chi connectivity index (χ2v) is 18.1. The maximum Gasteiger partial charge on any atom is 0.249 e. The minimum atomic E-state index is -1.62. The van der Waals surface area contributed by atoms with Crippen LogP contribution in [0.5, 0.6) is 0 Å². The van der Waals surface area contributed by atoms with Crippen molar-refractivity contribution in [3.05, 3.63) is 36.5 Å². The molecule has 0 aliphatic carbocycles. The van der Waals surface area contributed by atoms with E-state index in [1.165, 1.54) is 148 Å². The molecule has 7 N–H and O–H groups in total. The topological polar surface area (TPSA) is 169 Å². The predicted molar refractivity (Wildman–Crippen MR) is 255 cm³/mol. The van der Waals surface area contributed by atoms with Gasteiger partial charge in [-0.05, 0) is 44.9 Å². The zero-order chi connectivity index (χ0) is 45.3. The molecule has 8 unspecified atom stereocenters. The van der Waals surface area contributed by atoms with Crippen LogP contribution in [0.25, 0.3) is 0 Å². The Morgan fingerprint density at radius 2 is 0.952 bits per heavy atom. The highest BCUT2D eigenvalue weighted by atomic mass is 16.7. The normalized spacial score (nSPS) is 21.1. The number of hydrogen-bond donors (Lipinski definition) is 7. The van der Waals surface area contributed by atoms with Gasteiger partial charge in [-0.2, -0.15) is 0 Å². The minimum Gasteiger partial charge on any atom is -0.394 e. The molecule has 0 aromatic heterocycles. The summed E-state index contributed by atoms with van der Waals surface area (Å²) in [5.41, 5.74) is 0. The van der Waals surface area contributed by atoms with E-state index in [9.17, 15) is 35.4 Å². The zero-order valence-electron chi connectivity index (χ0n) is 39.7. The van der Waals surface area contributed by atoms with E-state index >= 15 is 0 Å². The number of carbonyl (C=O) groups is 1. The van der Waals surface area contributed by atoms with Crippen molar-refractivity contribution in [2.75, 3.05) is 13.2 Å². The van der Waals surface area contributed by atoms with Crippen LogP contribution in [-0.4, -0.2) is 98.7 Å². The molecule has 1 saturated heterocycles. The van der Waals surface area contributed by atoms with E-state index in [2.05, 4.69) is 43.5 Å². The quantitative estimate of drug-likeness (QED) is 0.0233. The number of carbonyl (C=O) groups excluding carboxylic acids is 1. The fourth-order valence-corrected chi connectivity index (χ4v) is 8.08. The number of hydrogen-bond acceptors (Lipinski definition) is 9. The number of ether oxygens (including phenoxy) is 2. The first-order valence-corrected chi connectivity index (χ1v) is 25.8. The van der Waals surface area contributed by atoms with Crippen molar-refractivity contribution in [3.8, 4) is 0 Å². The Labute approximate surface area is 379 Å². The SMILES string of the molecule is CCCCCCC/C=C/CC/C=C/CC/C=C/C(O)C(COC1OC(CO)C(O)C(O)C1O)NC(=O)C(O)CCCCCCCCCCCCCCCCCCCCCCCC. The average molecular weight is 880 g/mol. The van der Waals surface area contributed by atoms with E-state index in [4.69, 9.17) is 9.47 Å². The third-order valence-electron chi connectivity index (χ3n) is 12.3. The summed E-state index contributed by atoms with van der Waals surface area (Å²) in [6, 6.07) is -1.00. The zero-order valence-corrected chi connectivity index (χ0v) is 39.7. The first-order chi connectivity index (χ1) is 30.3. The molecule has 1 amide bonds. The summed E-state index contributed by atoms with van der Waals surface area (Å²) < 4.78 is 11.1. The monoisotopic (exact) mass is 880 g/mol. The number of allylic oxidation sites excluding steroid dienone is 5. The van der Waals surface area contributed by atoms with Gasteiger partial charge in [0.1, 0.15) is 30.5 Å². The number of unbranched alkanes of at least 4 members (excludes halogenated alkanes) is 28. The Hall–Kier alpha value is -1.63. The Kier molecular flexibility index (Phi) is 39.6. The van der Waals surface area contributed by atoms with Crippen LogP contribution in [0.3, 0.4) is 0 Å². The number of rotatable bonds is 43. The van der Waals surface area contributed by atoms with Gasteiger partial charge in [-0.25, -0.2) is 0 Å². The van der Waals surface area contributed by atoms with Crippen molar-refractivity contribution in [1.29, 1.82) is 0 Å². The second-order valence-electron chi connectivity index (χ2n) is 18.1. The molecule has 0 aromatic rings. The van der Waals surface area contributed by atoms with E-state index in [-0.39, 0.29) is 6.61 Å². The van der Waals surface area contributed by atoms with E-state index in [1.54, 1.807) is 6.08 Å². The van der Waals surface area contributed by atoms with Gasteiger partial charge >= 0.3 is 0 Å². The van der Waals surface area contributed by atoms with Gasteiger partial charge < -0.3 is 45.4 Å². The standard InChI is InChI=1S/C52H97NO9/c1-3-5-7-9-11-13-15-17-19-20-21-22-23-24-25-27-29-31-33-35-37-39-41-46(56)51(60)53-44(43-61-52-50(59)49(58)48(57)47(42-54)62-52)45(55)40-38-36-34-32-30-28-26-18-16-14-12-10-8-6-4-2/h16,18,30,32,38,40,44-50,52,54-59H,3-15,17,19-29,31,33-37,39,41-43H2,1-2H3,(H,53,60)/b18-16+,32-30+,40-38+. The van der Waals surface area contributed by atoms with Crippen molar-refractivity contribution in [1.82, 2.24) is 5.32 Å². The van der Waals surface area contributed by atoms with Gasteiger partial charge in [0.15, 0.2) is 6.29 Å². The van der Waals surface area contributed by atoms with Crippen molar-refractivity contribution >= 4 is 5.91 Å². The Morgan fingerprint density at radius 1 is 0.548 bits per heavy atom. The molecule has 0 aromatic carbocycles. The molecule has 1 aliphatic heterocycles. The molecule has 364 valence electrons. The van der Waals surface area contributed by atoms with E-state index < -0.39 is 61.5 Å². The molecule has 10 heteroatoms. The summed E-state index contributed by atoms with van der Waals surface area (Å²) in [4.78, 5) is 13.1. The van der Waals surface area contributed by atoms with Gasteiger partial charge in [0.05, 0.1) is 25.4 Å². The molecule has 0 spiro atoms. The molecule has 1 rings (SSSR count). The van der Waals surface area contributed by atoms with Crippen LogP contribution in [0.15, 0.2) is 36.5 Å². The molecule has 1 aliphatic rings. The van der Waals surface area contributed by atoms with Crippen LogP contribution < -0.4 is 5.32 Å². The molecule has 0 radical (unpaired) electrons. The maximum atomic E-state index is 13.1. The molecule has 1 heterocycles. The van der Waals surface area contributed by atoms with E-state index in [0.717, 1.165) is 44.9 Å².